The summed E-state index contributed by atoms with van der Waals surface area (Å²) in [6.07, 6.45) is 1.84. The molecule has 76 valence electrons. The fourth-order valence-corrected chi connectivity index (χ4v) is 1.18. The van der Waals surface area contributed by atoms with Crippen molar-refractivity contribution in [1.29, 1.82) is 0 Å². The van der Waals surface area contributed by atoms with Crippen molar-refractivity contribution in [2.75, 3.05) is 11.9 Å². The van der Waals surface area contributed by atoms with E-state index in [9.17, 15) is 4.39 Å². The van der Waals surface area contributed by atoms with Gasteiger partial charge in [-0.2, -0.15) is 0 Å². The minimum atomic E-state index is -0.193. The Morgan fingerprint density at radius 1 is 1.57 bits per heavy atom. The molecule has 0 bridgehead atoms. The van der Waals surface area contributed by atoms with E-state index in [1.165, 1.54) is 6.07 Å². The Labute approximate surface area is 88.6 Å². The molecule has 0 aromatic heterocycles. The summed E-state index contributed by atoms with van der Waals surface area (Å²) in [5.74, 6) is -0.193. The van der Waals surface area contributed by atoms with Crippen molar-refractivity contribution >= 4 is 17.3 Å². The van der Waals surface area contributed by atoms with Gasteiger partial charge in [0, 0.05) is 22.8 Å². The second kappa shape index (κ2) is 5.01. The number of benzene rings is 1. The molecule has 1 aromatic carbocycles. The molecule has 0 radical (unpaired) electrons. The summed E-state index contributed by atoms with van der Waals surface area (Å²) >= 11 is 5.66. The maximum atomic E-state index is 13.1. The average Bonchev–Trinajstić information content (AvgIpc) is 2.12. The Morgan fingerprint density at radius 3 is 2.93 bits per heavy atom. The number of anilines is 1. The molecule has 1 aromatic rings. The number of nitrogens with one attached hydrogen (secondary N) is 1. The van der Waals surface area contributed by atoms with E-state index in [0.29, 0.717) is 12.1 Å². The number of rotatable bonds is 3. The van der Waals surface area contributed by atoms with E-state index in [4.69, 9.17) is 11.6 Å². The van der Waals surface area contributed by atoms with Crippen LogP contribution in [0.15, 0.2) is 29.3 Å². The van der Waals surface area contributed by atoms with Gasteiger partial charge in [0.05, 0.1) is 0 Å². The third kappa shape index (κ3) is 3.04. The van der Waals surface area contributed by atoms with Crippen molar-refractivity contribution in [2.24, 2.45) is 0 Å². The monoisotopic (exact) mass is 213 g/mol. The van der Waals surface area contributed by atoms with Gasteiger partial charge in [-0.25, -0.2) is 4.39 Å². The zero-order valence-electron chi connectivity index (χ0n) is 8.27. The highest BCUT2D eigenvalue weighted by molar-refractivity contribution is 6.29. The molecule has 1 rings (SSSR count). The Morgan fingerprint density at radius 2 is 2.29 bits per heavy atom. The third-order valence-corrected chi connectivity index (χ3v) is 2.10. The highest BCUT2D eigenvalue weighted by Crippen LogP contribution is 2.17. The summed E-state index contributed by atoms with van der Waals surface area (Å²) in [6.45, 7) is 4.16. The van der Waals surface area contributed by atoms with Gasteiger partial charge in [-0.1, -0.05) is 23.7 Å². The minimum Gasteiger partial charge on any atom is -0.381 e. The van der Waals surface area contributed by atoms with Gasteiger partial charge >= 0.3 is 0 Å². The van der Waals surface area contributed by atoms with E-state index in [2.05, 4.69) is 5.32 Å². The lowest BCUT2D eigenvalue weighted by Gasteiger charge is -2.07. The van der Waals surface area contributed by atoms with E-state index in [-0.39, 0.29) is 5.82 Å². The van der Waals surface area contributed by atoms with Crippen molar-refractivity contribution < 1.29 is 4.39 Å². The molecule has 1 N–H and O–H groups in total. The molecular formula is C11H13ClFN. The van der Waals surface area contributed by atoms with Crippen LogP contribution in [0.2, 0.25) is 0 Å². The predicted molar refractivity (Wildman–Crippen MR) is 59.2 cm³/mol. The average molecular weight is 214 g/mol. The maximum Gasteiger partial charge on any atom is 0.128 e. The SMILES string of the molecule is C/C(Cl)=C\CNc1cccc(F)c1C. The fraction of sp³-hybridized carbons (Fsp3) is 0.273. The zero-order valence-corrected chi connectivity index (χ0v) is 9.03. The molecule has 0 fully saturated rings. The number of hydrogen-bond acceptors (Lipinski definition) is 1. The first-order valence-electron chi connectivity index (χ1n) is 4.42. The summed E-state index contributed by atoms with van der Waals surface area (Å²) in [6, 6.07) is 4.97. The van der Waals surface area contributed by atoms with Crippen LogP contribution in [0, 0.1) is 12.7 Å². The molecule has 0 atom stereocenters. The first-order chi connectivity index (χ1) is 6.61. The summed E-state index contributed by atoms with van der Waals surface area (Å²) in [7, 11) is 0. The predicted octanol–water partition coefficient (Wildman–Crippen LogP) is 3.69. The molecule has 14 heavy (non-hydrogen) atoms. The molecule has 0 aliphatic rings. The van der Waals surface area contributed by atoms with Crippen LogP contribution >= 0.6 is 11.6 Å². The fourth-order valence-electron chi connectivity index (χ4n) is 1.10. The van der Waals surface area contributed by atoms with Crippen LogP contribution in [-0.2, 0) is 0 Å². The molecule has 0 heterocycles. The number of hydrogen-bond donors (Lipinski definition) is 1. The van der Waals surface area contributed by atoms with Gasteiger partial charge in [0.1, 0.15) is 5.82 Å². The molecular weight excluding hydrogens is 201 g/mol. The Bertz CT molecular complexity index is 343. The molecule has 0 saturated carbocycles. The van der Waals surface area contributed by atoms with E-state index < -0.39 is 0 Å². The second-order valence-electron chi connectivity index (χ2n) is 3.08. The van der Waals surface area contributed by atoms with Crippen LogP contribution in [0.25, 0.3) is 0 Å². The topological polar surface area (TPSA) is 12.0 Å². The summed E-state index contributed by atoms with van der Waals surface area (Å²) < 4.78 is 13.1. The molecule has 0 saturated heterocycles. The molecule has 3 heteroatoms. The highest BCUT2D eigenvalue weighted by Gasteiger charge is 2.00. The number of allylic oxidation sites excluding steroid dienone is 1. The van der Waals surface area contributed by atoms with Gasteiger partial charge in [0.15, 0.2) is 0 Å². The largest absolute Gasteiger partial charge is 0.381 e. The Balaban J connectivity index is 2.68. The van der Waals surface area contributed by atoms with Gasteiger partial charge < -0.3 is 5.32 Å². The van der Waals surface area contributed by atoms with Crippen LogP contribution in [0.1, 0.15) is 12.5 Å². The Kier molecular flexibility index (Phi) is 3.96. The van der Waals surface area contributed by atoms with Crippen molar-refractivity contribution in [3.05, 3.63) is 40.7 Å². The Hall–Kier alpha value is -1.02. The van der Waals surface area contributed by atoms with Crippen LogP contribution in [0.4, 0.5) is 10.1 Å². The molecule has 0 unspecified atom stereocenters. The van der Waals surface area contributed by atoms with E-state index in [0.717, 1.165) is 10.7 Å². The van der Waals surface area contributed by atoms with Crippen LogP contribution in [-0.4, -0.2) is 6.54 Å². The van der Waals surface area contributed by atoms with Crippen molar-refractivity contribution in [3.8, 4) is 0 Å². The van der Waals surface area contributed by atoms with E-state index in [1.54, 1.807) is 13.0 Å². The normalized spacial score (nSPS) is 11.6. The van der Waals surface area contributed by atoms with Gasteiger partial charge in [0.2, 0.25) is 0 Å². The van der Waals surface area contributed by atoms with Gasteiger partial charge in [-0.05, 0) is 26.0 Å². The van der Waals surface area contributed by atoms with Gasteiger partial charge in [-0.15, -0.1) is 0 Å². The van der Waals surface area contributed by atoms with Crippen LogP contribution in [0.5, 0.6) is 0 Å². The first-order valence-corrected chi connectivity index (χ1v) is 4.80. The molecule has 0 aliphatic carbocycles. The van der Waals surface area contributed by atoms with Crippen LogP contribution in [0.3, 0.4) is 0 Å². The lowest BCUT2D eigenvalue weighted by Crippen LogP contribution is -2.01. The first kappa shape index (κ1) is 11.1. The molecule has 0 spiro atoms. The van der Waals surface area contributed by atoms with E-state index >= 15 is 0 Å². The molecule has 0 amide bonds. The van der Waals surface area contributed by atoms with Crippen molar-refractivity contribution in [1.82, 2.24) is 0 Å². The van der Waals surface area contributed by atoms with Gasteiger partial charge in [-0.3, -0.25) is 0 Å². The summed E-state index contributed by atoms with van der Waals surface area (Å²) in [5, 5.41) is 3.81. The van der Waals surface area contributed by atoms with E-state index in [1.807, 2.05) is 19.1 Å². The second-order valence-corrected chi connectivity index (χ2v) is 3.68. The van der Waals surface area contributed by atoms with Crippen LogP contribution < -0.4 is 5.32 Å². The lowest BCUT2D eigenvalue weighted by atomic mass is 10.2. The minimum absolute atomic E-state index is 0.193. The molecule has 1 nitrogen and oxygen atoms in total. The third-order valence-electron chi connectivity index (χ3n) is 1.94. The lowest BCUT2D eigenvalue weighted by molar-refractivity contribution is 0.619. The standard InChI is InChI=1S/C11H13ClFN/c1-8(12)6-7-14-11-5-3-4-10(13)9(11)2/h3-6,14H,7H2,1-2H3/b8-6+. The number of halogens is 2. The van der Waals surface area contributed by atoms with Gasteiger partial charge in [0.25, 0.3) is 0 Å². The summed E-state index contributed by atoms with van der Waals surface area (Å²) in [4.78, 5) is 0. The van der Waals surface area contributed by atoms with Crippen molar-refractivity contribution in [3.63, 3.8) is 0 Å². The maximum absolute atomic E-state index is 13.1. The quantitative estimate of drug-likeness (QED) is 0.808. The smallest absolute Gasteiger partial charge is 0.128 e. The summed E-state index contributed by atoms with van der Waals surface area (Å²) in [5.41, 5.74) is 1.44. The van der Waals surface area contributed by atoms with Crippen molar-refractivity contribution in [2.45, 2.75) is 13.8 Å². The zero-order chi connectivity index (χ0) is 10.6. The molecule has 0 aliphatic heterocycles. The highest BCUT2D eigenvalue weighted by atomic mass is 35.5.